The molecule has 0 aliphatic heterocycles. The highest BCUT2D eigenvalue weighted by Gasteiger charge is 1.95. The van der Waals surface area contributed by atoms with E-state index in [1.807, 2.05) is 0 Å². The van der Waals surface area contributed by atoms with Gasteiger partial charge in [0.15, 0.2) is 0 Å². The molecule has 0 heteroatoms. The van der Waals surface area contributed by atoms with Crippen LogP contribution in [0.15, 0.2) is 11.6 Å². The van der Waals surface area contributed by atoms with E-state index in [4.69, 9.17) is 0 Å². The Bertz CT molecular complexity index is 251. The molecule has 0 spiro atoms. The van der Waals surface area contributed by atoms with E-state index in [0.29, 0.717) is 0 Å². The molecule has 0 bridgehead atoms. The van der Waals surface area contributed by atoms with Gasteiger partial charge in [0.1, 0.15) is 0 Å². The molecular weight excluding hydrogens is 288 g/mol. The number of allylic oxidation sites excluding steroid dienone is 2. The fourth-order valence-electron chi connectivity index (χ4n) is 3.44. The van der Waals surface area contributed by atoms with Crippen LogP contribution in [-0.4, -0.2) is 0 Å². The van der Waals surface area contributed by atoms with Gasteiger partial charge in [0.05, 0.1) is 0 Å². The van der Waals surface area contributed by atoms with Gasteiger partial charge in [-0.25, -0.2) is 0 Å². The molecule has 0 amide bonds. The first-order valence-electron chi connectivity index (χ1n) is 11.5. The molecule has 0 aromatic carbocycles. The quantitative estimate of drug-likeness (QED) is 0.163. The van der Waals surface area contributed by atoms with Gasteiger partial charge in [-0.15, -0.1) is 0 Å². The van der Waals surface area contributed by atoms with E-state index >= 15 is 0 Å². The first-order chi connectivity index (χ1) is 11.8. The van der Waals surface area contributed by atoms with Gasteiger partial charge in [0, 0.05) is 0 Å². The lowest BCUT2D eigenvalue weighted by Crippen LogP contribution is -1.83. The molecule has 24 heavy (non-hydrogen) atoms. The topological polar surface area (TPSA) is 0 Å². The number of hydrogen-bond acceptors (Lipinski definition) is 0. The van der Waals surface area contributed by atoms with Crippen molar-refractivity contribution in [2.75, 3.05) is 0 Å². The SMILES string of the molecule is CCCCCCCCCCCCCC=C(C)CCCCCCCC. The van der Waals surface area contributed by atoms with Crippen molar-refractivity contribution in [2.45, 2.75) is 143 Å². The average Bonchev–Trinajstić information content (AvgIpc) is 2.59. The van der Waals surface area contributed by atoms with Gasteiger partial charge in [0.2, 0.25) is 0 Å². The van der Waals surface area contributed by atoms with Gasteiger partial charge in [-0.05, 0) is 32.6 Å². The molecule has 0 rings (SSSR count). The highest BCUT2D eigenvalue weighted by atomic mass is 14.0. The Morgan fingerprint density at radius 3 is 1.33 bits per heavy atom. The summed E-state index contributed by atoms with van der Waals surface area (Å²) < 4.78 is 0. The van der Waals surface area contributed by atoms with Crippen LogP contribution >= 0.6 is 0 Å². The van der Waals surface area contributed by atoms with Crippen LogP contribution < -0.4 is 0 Å². The summed E-state index contributed by atoms with van der Waals surface area (Å²) in [7, 11) is 0. The Morgan fingerprint density at radius 2 is 0.875 bits per heavy atom. The van der Waals surface area contributed by atoms with E-state index in [1.165, 1.54) is 122 Å². The number of hydrogen-bond donors (Lipinski definition) is 0. The normalized spacial score (nSPS) is 12.0. The van der Waals surface area contributed by atoms with Crippen LogP contribution in [0.1, 0.15) is 143 Å². The molecule has 0 saturated carbocycles. The van der Waals surface area contributed by atoms with Crippen LogP contribution in [-0.2, 0) is 0 Å². The molecule has 0 saturated heterocycles. The second-order valence-electron chi connectivity index (χ2n) is 7.89. The predicted molar refractivity (Wildman–Crippen MR) is 113 cm³/mol. The Hall–Kier alpha value is -0.260. The van der Waals surface area contributed by atoms with Crippen LogP contribution in [0, 0.1) is 0 Å². The van der Waals surface area contributed by atoms with Crippen LogP contribution in [0.4, 0.5) is 0 Å². The van der Waals surface area contributed by atoms with Crippen LogP contribution in [0.5, 0.6) is 0 Å². The predicted octanol–water partition coefficient (Wildman–Crippen LogP) is 9.38. The summed E-state index contributed by atoms with van der Waals surface area (Å²) in [5.41, 5.74) is 1.64. The van der Waals surface area contributed by atoms with Crippen LogP contribution in [0.25, 0.3) is 0 Å². The molecular formula is C24H48. The van der Waals surface area contributed by atoms with E-state index in [0.717, 1.165) is 0 Å². The Balaban J connectivity index is 3.21. The van der Waals surface area contributed by atoms with Crippen LogP contribution in [0.2, 0.25) is 0 Å². The van der Waals surface area contributed by atoms with Crippen molar-refractivity contribution in [3.8, 4) is 0 Å². The largest absolute Gasteiger partial charge is 0.0856 e. The van der Waals surface area contributed by atoms with E-state index in [-0.39, 0.29) is 0 Å². The van der Waals surface area contributed by atoms with Crippen molar-refractivity contribution in [1.29, 1.82) is 0 Å². The lowest BCUT2D eigenvalue weighted by Gasteiger charge is -2.03. The summed E-state index contributed by atoms with van der Waals surface area (Å²) in [5.74, 6) is 0. The molecule has 0 heterocycles. The maximum absolute atomic E-state index is 2.51. The van der Waals surface area contributed by atoms with Gasteiger partial charge < -0.3 is 0 Å². The summed E-state index contributed by atoms with van der Waals surface area (Å²) in [4.78, 5) is 0. The maximum Gasteiger partial charge on any atom is -0.0323 e. The molecule has 0 aromatic rings. The standard InChI is InChI=1S/C24H48/c1-4-6-8-10-12-13-14-15-16-17-19-21-23-24(3)22-20-18-11-9-7-5-2/h23H,4-22H2,1-3H3. The van der Waals surface area contributed by atoms with Crippen molar-refractivity contribution in [1.82, 2.24) is 0 Å². The van der Waals surface area contributed by atoms with Crippen LogP contribution in [0.3, 0.4) is 0 Å². The fourth-order valence-corrected chi connectivity index (χ4v) is 3.44. The summed E-state index contributed by atoms with van der Waals surface area (Å²) in [6.07, 6.45) is 29.6. The second-order valence-corrected chi connectivity index (χ2v) is 7.89. The summed E-state index contributed by atoms with van der Waals surface area (Å²) >= 11 is 0. The maximum atomic E-state index is 2.51. The molecule has 0 atom stereocenters. The van der Waals surface area contributed by atoms with Crippen molar-refractivity contribution >= 4 is 0 Å². The number of rotatable bonds is 19. The molecule has 144 valence electrons. The molecule has 0 unspecified atom stereocenters. The Labute approximate surface area is 154 Å². The summed E-state index contributed by atoms with van der Waals surface area (Å²) in [5, 5.41) is 0. The third kappa shape index (κ3) is 19.8. The Morgan fingerprint density at radius 1 is 0.500 bits per heavy atom. The lowest BCUT2D eigenvalue weighted by atomic mass is 10.0. The zero-order valence-corrected chi connectivity index (χ0v) is 17.5. The molecule has 0 aliphatic rings. The average molecular weight is 337 g/mol. The minimum absolute atomic E-state index is 1.32. The zero-order valence-electron chi connectivity index (χ0n) is 17.5. The number of unbranched alkanes of at least 4 members (excludes halogenated alkanes) is 16. The first-order valence-corrected chi connectivity index (χ1v) is 11.5. The summed E-state index contributed by atoms with van der Waals surface area (Å²) in [6.45, 7) is 6.93. The van der Waals surface area contributed by atoms with Gasteiger partial charge in [-0.3, -0.25) is 0 Å². The molecule has 0 radical (unpaired) electrons. The van der Waals surface area contributed by atoms with Gasteiger partial charge in [0.25, 0.3) is 0 Å². The second kappa shape index (κ2) is 20.8. The summed E-state index contributed by atoms with van der Waals surface area (Å²) in [6, 6.07) is 0. The Kier molecular flexibility index (Phi) is 20.6. The third-order valence-electron chi connectivity index (χ3n) is 5.23. The molecule has 0 fully saturated rings. The zero-order chi connectivity index (χ0) is 17.7. The van der Waals surface area contributed by atoms with Crippen molar-refractivity contribution < 1.29 is 0 Å². The highest BCUT2D eigenvalue weighted by molar-refractivity contribution is 4.97. The van der Waals surface area contributed by atoms with Gasteiger partial charge in [-0.1, -0.05) is 122 Å². The minimum atomic E-state index is 1.32. The lowest BCUT2D eigenvalue weighted by molar-refractivity contribution is 0.550. The van der Waals surface area contributed by atoms with E-state index in [1.54, 1.807) is 5.57 Å². The molecule has 0 aromatic heterocycles. The monoisotopic (exact) mass is 336 g/mol. The van der Waals surface area contributed by atoms with Gasteiger partial charge >= 0.3 is 0 Å². The molecule has 0 aliphatic carbocycles. The van der Waals surface area contributed by atoms with Gasteiger partial charge in [-0.2, -0.15) is 0 Å². The van der Waals surface area contributed by atoms with Crippen molar-refractivity contribution in [3.63, 3.8) is 0 Å². The first kappa shape index (κ1) is 23.7. The minimum Gasteiger partial charge on any atom is -0.0856 e. The third-order valence-corrected chi connectivity index (χ3v) is 5.23. The molecule has 0 N–H and O–H groups in total. The van der Waals surface area contributed by atoms with Crippen molar-refractivity contribution in [2.24, 2.45) is 0 Å². The smallest absolute Gasteiger partial charge is 0.0323 e. The van der Waals surface area contributed by atoms with E-state index in [9.17, 15) is 0 Å². The highest BCUT2D eigenvalue weighted by Crippen LogP contribution is 2.14. The van der Waals surface area contributed by atoms with Crippen molar-refractivity contribution in [3.05, 3.63) is 11.6 Å². The van der Waals surface area contributed by atoms with E-state index < -0.39 is 0 Å². The molecule has 0 nitrogen and oxygen atoms in total. The van der Waals surface area contributed by atoms with E-state index in [2.05, 4.69) is 26.8 Å². The fraction of sp³-hybridized carbons (Fsp3) is 0.917.